The van der Waals surface area contributed by atoms with Gasteiger partial charge in [-0.25, -0.2) is 9.98 Å². The fourth-order valence-corrected chi connectivity index (χ4v) is 2.89. The molecule has 0 spiro atoms. The van der Waals surface area contributed by atoms with Gasteiger partial charge in [0.2, 0.25) is 0 Å². The molecule has 6 nitrogen and oxygen atoms in total. The van der Waals surface area contributed by atoms with E-state index in [4.69, 9.17) is 4.74 Å². The quantitative estimate of drug-likeness (QED) is 0.499. The molecule has 0 fully saturated rings. The van der Waals surface area contributed by atoms with E-state index in [0.717, 1.165) is 42.6 Å². The first-order chi connectivity index (χ1) is 13.2. The molecule has 0 aliphatic heterocycles. The molecule has 0 amide bonds. The van der Waals surface area contributed by atoms with Crippen molar-refractivity contribution in [3.05, 3.63) is 65.6 Å². The van der Waals surface area contributed by atoms with E-state index >= 15 is 0 Å². The molecule has 0 aliphatic rings. The summed E-state index contributed by atoms with van der Waals surface area (Å²) >= 11 is 0. The number of fused-ring (bicyclic) bond motifs is 1. The second-order valence-electron chi connectivity index (χ2n) is 6.35. The van der Waals surface area contributed by atoms with Crippen molar-refractivity contribution in [2.24, 2.45) is 4.99 Å². The molecule has 2 heterocycles. The summed E-state index contributed by atoms with van der Waals surface area (Å²) in [5, 5.41) is 6.67. The smallest absolute Gasteiger partial charge is 0.191 e. The van der Waals surface area contributed by atoms with Crippen molar-refractivity contribution in [3.8, 4) is 5.75 Å². The number of nitrogens with one attached hydrogen (secondary N) is 2. The summed E-state index contributed by atoms with van der Waals surface area (Å²) < 4.78 is 7.29. The summed E-state index contributed by atoms with van der Waals surface area (Å²) in [5.74, 6) is 1.68. The van der Waals surface area contributed by atoms with Crippen molar-refractivity contribution in [1.82, 2.24) is 20.0 Å². The topological polar surface area (TPSA) is 63.0 Å². The van der Waals surface area contributed by atoms with Crippen molar-refractivity contribution in [2.45, 2.75) is 26.8 Å². The Balaban J connectivity index is 1.58. The van der Waals surface area contributed by atoms with Gasteiger partial charge in [0, 0.05) is 25.0 Å². The minimum absolute atomic E-state index is 0.541. The van der Waals surface area contributed by atoms with E-state index < -0.39 is 0 Å². The van der Waals surface area contributed by atoms with Gasteiger partial charge < -0.3 is 19.8 Å². The highest BCUT2D eigenvalue weighted by Gasteiger charge is 2.04. The monoisotopic (exact) mass is 365 g/mol. The van der Waals surface area contributed by atoms with Crippen LogP contribution in [0, 0.1) is 6.92 Å². The Morgan fingerprint density at radius 3 is 2.67 bits per heavy atom. The number of guanidine groups is 1. The molecular weight excluding hydrogens is 338 g/mol. The van der Waals surface area contributed by atoms with E-state index in [1.807, 2.05) is 24.3 Å². The van der Waals surface area contributed by atoms with Crippen LogP contribution in [0.3, 0.4) is 0 Å². The lowest BCUT2D eigenvalue weighted by molar-refractivity contribution is 0.414. The zero-order valence-electron chi connectivity index (χ0n) is 16.2. The Labute approximate surface area is 160 Å². The van der Waals surface area contributed by atoms with Crippen LogP contribution in [0.4, 0.5) is 0 Å². The SMILES string of the molecule is CCNC(=NCc1cn2c(C)cccc2n1)NCCc1ccc(OC)cc1. The molecule has 3 aromatic rings. The average Bonchev–Trinajstić information content (AvgIpc) is 3.11. The molecule has 6 heteroatoms. The van der Waals surface area contributed by atoms with Gasteiger partial charge in [0.25, 0.3) is 0 Å². The predicted octanol–water partition coefficient (Wildman–Crippen LogP) is 2.95. The number of aromatic nitrogens is 2. The summed E-state index contributed by atoms with van der Waals surface area (Å²) in [4.78, 5) is 9.30. The molecule has 0 radical (unpaired) electrons. The van der Waals surface area contributed by atoms with E-state index in [1.165, 1.54) is 11.3 Å². The Bertz CT molecular complexity index is 899. The van der Waals surface area contributed by atoms with E-state index in [-0.39, 0.29) is 0 Å². The van der Waals surface area contributed by atoms with E-state index in [9.17, 15) is 0 Å². The van der Waals surface area contributed by atoms with Crippen LogP contribution in [0.2, 0.25) is 0 Å². The molecule has 0 saturated heterocycles. The van der Waals surface area contributed by atoms with E-state index in [0.29, 0.717) is 6.54 Å². The summed E-state index contributed by atoms with van der Waals surface area (Å²) in [6.07, 6.45) is 2.97. The minimum atomic E-state index is 0.541. The molecule has 3 rings (SSSR count). The van der Waals surface area contributed by atoms with Crippen LogP contribution in [0.25, 0.3) is 5.65 Å². The Kier molecular flexibility index (Phi) is 6.30. The first-order valence-corrected chi connectivity index (χ1v) is 9.28. The highest BCUT2D eigenvalue weighted by molar-refractivity contribution is 5.79. The number of hydrogen-bond donors (Lipinski definition) is 2. The average molecular weight is 365 g/mol. The van der Waals surface area contributed by atoms with E-state index in [1.54, 1.807) is 7.11 Å². The predicted molar refractivity (Wildman–Crippen MR) is 109 cm³/mol. The van der Waals surface area contributed by atoms with Gasteiger partial charge in [0.05, 0.1) is 19.3 Å². The summed E-state index contributed by atoms with van der Waals surface area (Å²) in [6.45, 7) is 6.31. The van der Waals surface area contributed by atoms with Gasteiger partial charge in [-0.2, -0.15) is 0 Å². The van der Waals surface area contributed by atoms with Crippen LogP contribution in [0.15, 0.2) is 53.7 Å². The third-order valence-electron chi connectivity index (χ3n) is 4.35. The largest absolute Gasteiger partial charge is 0.497 e. The van der Waals surface area contributed by atoms with Crippen molar-refractivity contribution in [3.63, 3.8) is 0 Å². The van der Waals surface area contributed by atoms with Crippen LogP contribution in [0.5, 0.6) is 5.75 Å². The standard InChI is InChI=1S/C21H27N5O/c1-4-22-21(23-13-12-17-8-10-19(27-3)11-9-17)24-14-18-15-26-16(2)6-5-7-20(26)25-18/h5-11,15H,4,12-14H2,1-3H3,(H2,22,23,24). The number of methoxy groups -OCH3 is 1. The molecule has 0 aliphatic carbocycles. The molecule has 27 heavy (non-hydrogen) atoms. The summed E-state index contributed by atoms with van der Waals surface area (Å²) in [7, 11) is 1.68. The zero-order valence-corrected chi connectivity index (χ0v) is 16.2. The van der Waals surface area contributed by atoms with Gasteiger partial charge in [-0.1, -0.05) is 18.2 Å². The van der Waals surface area contributed by atoms with Crippen LogP contribution in [0.1, 0.15) is 23.9 Å². The number of aliphatic imine (C=N–C) groups is 1. The second-order valence-corrected chi connectivity index (χ2v) is 6.35. The number of ether oxygens (including phenoxy) is 1. The van der Waals surface area contributed by atoms with Crippen molar-refractivity contribution in [2.75, 3.05) is 20.2 Å². The second kappa shape index (κ2) is 9.07. The fourth-order valence-electron chi connectivity index (χ4n) is 2.89. The first kappa shape index (κ1) is 18.8. The number of hydrogen-bond acceptors (Lipinski definition) is 3. The maximum absolute atomic E-state index is 5.19. The molecular formula is C21H27N5O. The summed E-state index contributed by atoms with van der Waals surface area (Å²) in [6, 6.07) is 14.3. The normalized spacial score (nSPS) is 11.6. The molecule has 1 aromatic carbocycles. The molecule has 0 saturated carbocycles. The maximum Gasteiger partial charge on any atom is 0.191 e. The fraction of sp³-hybridized carbons (Fsp3) is 0.333. The van der Waals surface area contributed by atoms with Crippen LogP contribution in [-0.2, 0) is 13.0 Å². The third-order valence-corrected chi connectivity index (χ3v) is 4.35. The highest BCUT2D eigenvalue weighted by Crippen LogP contribution is 2.11. The molecule has 2 aromatic heterocycles. The molecule has 0 atom stereocenters. The number of nitrogens with zero attached hydrogens (tertiary/aromatic N) is 3. The first-order valence-electron chi connectivity index (χ1n) is 9.28. The lowest BCUT2D eigenvalue weighted by Crippen LogP contribution is -2.38. The Hall–Kier alpha value is -3.02. The van der Waals surface area contributed by atoms with Gasteiger partial charge in [-0.3, -0.25) is 0 Å². The number of imidazole rings is 1. The van der Waals surface area contributed by atoms with Crippen molar-refractivity contribution < 1.29 is 4.74 Å². The highest BCUT2D eigenvalue weighted by atomic mass is 16.5. The molecule has 142 valence electrons. The zero-order chi connectivity index (χ0) is 19.1. The minimum Gasteiger partial charge on any atom is -0.497 e. The Morgan fingerprint density at radius 2 is 1.96 bits per heavy atom. The molecule has 0 bridgehead atoms. The van der Waals surface area contributed by atoms with Gasteiger partial charge in [0.1, 0.15) is 11.4 Å². The molecule has 2 N–H and O–H groups in total. The van der Waals surface area contributed by atoms with Gasteiger partial charge in [0.15, 0.2) is 5.96 Å². The van der Waals surface area contributed by atoms with Gasteiger partial charge >= 0.3 is 0 Å². The number of aryl methyl sites for hydroxylation is 1. The van der Waals surface area contributed by atoms with Crippen LogP contribution in [-0.4, -0.2) is 35.5 Å². The van der Waals surface area contributed by atoms with Crippen molar-refractivity contribution in [1.29, 1.82) is 0 Å². The third kappa shape index (κ3) is 5.00. The van der Waals surface area contributed by atoms with Crippen LogP contribution >= 0.6 is 0 Å². The maximum atomic E-state index is 5.19. The molecule has 0 unspecified atom stereocenters. The summed E-state index contributed by atoms with van der Waals surface area (Å²) in [5.41, 5.74) is 4.34. The number of rotatable bonds is 7. The number of pyridine rings is 1. The van der Waals surface area contributed by atoms with Crippen LogP contribution < -0.4 is 15.4 Å². The van der Waals surface area contributed by atoms with Gasteiger partial charge in [-0.15, -0.1) is 0 Å². The lowest BCUT2D eigenvalue weighted by Gasteiger charge is -2.11. The van der Waals surface area contributed by atoms with E-state index in [2.05, 4.69) is 63.3 Å². The Morgan fingerprint density at radius 1 is 1.15 bits per heavy atom. The van der Waals surface area contributed by atoms with Gasteiger partial charge in [-0.05, 0) is 50.1 Å². The number of benzene rings is 1. The van der Waals surface area contributed by atoms with Crippen molar-refractivity contribution >= 4 is 11.6 Å². The lowest BCUT2D eigenvalue weighted by atomic mass is 10.1.